The highest BCUT2D eigenvalue weighted by Crippen LogP contribution is 2.26. The molecule has 0 bridgehead atoms. The van der Waals surface area contributed by atoms with Crippen LogP contribution in [-0.2, 0) is 11.2 Å². The van der Waals surface area contributed by atoms with Crippen LogP contribution in [0.5, 0.6) is 0 Å². The monoisotopic (exact) mass is 348 g/mol. The Labute approximate surface area is 118 Å². The minimum absolute atomic E-state index is 0.414. The van der Waals surface area contributed by atoms with Gasteiger partial charge in [0.05, 0.1) is 11.7 Å². The number of ether oxygens (including phenoxy) is 1. The minimum atomic E-state index is -0.456. The molecule has 0 amide bonds. The van der Waals surface area contributed by atoms with E-state index in [0.717, 1.165) is 18.4 Å². The van der Waals surface area contributed by atoms with Gasteiger partial charge in [0.2, 0.25) is 0 Å². The van der Waals surface area contributed by atoms with Crippen molar-refractivity contribution in [1.82, 2.24) is 0 Å². The highest BCUT2D eigenvalue weighted by molar-refractivity contribution is 14.1. The van der Waals surface area contributed by atoms with E-state index in [4.69, 9.17) is 4.74 Å². The van der Waals surface area contributed by atoms with Gasteiger partial charge in [-0.05, 0) is 53.1 Å². The van der Waals surface area contributed by atoms with E-state index in [-0.39, 0.29) is 0 Å². The summed E-state index contributed by atoms with van der Waals surface area (Å²) < 4.78 is 6.76. The molecular weight excluding hydrogens is 327 g/mol. The highest BCUT2D eigenvalue weighted by atomic mass is 127. The normalized spacial score (nSPS) is 13.7. The third-order valence-corrected chi connectivity index (χ3v) is 4.27. The summed E-state index contributed by atoms with van der Waals surface area (Å²) in [7, 11) is 1.68. The van der Waals surface area contributed by atoms with Crippen molar-refractivity contribution in [2.24, 2.45) is 0 Å². The number of hydrogen-bond acceptors (Lipinski definition) is 2. The van der Waals surface area contributed by atoms with Crippen LogP contribution in [0.1, 0.15) is 32.3 Å². The molecule has 0 aromatic heterocycles. The predicted octanol–water partition coefficient (Wildman–Crippen LogP) is 3.40. The van der Waals surface area contributed by atoms with Crippen molar-refractivity contribution in [1.29, 1.82) is 0 Å². The van der Waals surface area contributed by atoms with E-state index in [0.29, 0.717) is 6.42 Å². The lowest BCUT2D eigenvalue weighted by atomic mass is 9.86. The fourth-order valence-electron chi connectivity index (χ4n) is 2.18. The summed E-state index contributed by atoms with van der Waals surface area (Å²) in [5.41, 5.74) is 0.740. The Morgan fingerprint density at radius 1 is 1.24 bits per heavy atom. The first-order valence-electron chi connectivity index (χ1n) is 6.05. The van der Waals surface area contributed by atoms with Crippen molar-refractivity contribution in [2.75, 3.05) is 7.11 Å². The van der Waals surface area contributed by atoms with E-state index in [2.05, 4.69) is 60.7 Å². The Morgan fingerprint density at radius 2 is 1.76 bits per heavy atom. The average molecular weight is 348 g/mol. The Hall–Kier alpha value is -0.130. The Kier molecular flexibility index (Phi) is 5.89. The van der Waals surface area contributed by atoms with Crippen LogP contribution in [0, 0.1) is 3.57 Å². The maximum atomic E-state index is 10.4. The molecule has 1 N–H and O–H groups in total. The van der Waals surface area contributed by atoms with Gasteiger partial charge in [0.15, 0.2) is 0 Å². The van der Waals surface area contributed by atoms with Gasteiger partial charge in [-0.25, -0.2) is 0 Å². The fourth-order valence-corrected chi connectivity index (χ4v) is 2.54. The van der Waals surface area contributed by atoms with Crippen molar-refractivity contribution in [3.8, 4) is 0 Å². The van der Waals surface area contributed by atoms with Gasteiger partial charge >= 0.3 is 0 Å². The summed E-state index contributed by atoms with van der Waals surface area (Å²) >= 11 is 2.28. The Balaban J connectivity index is 2.76. The van der Waals surface area contributed by atoms with E-state index in [1.165, 1.54) is 3.57 Å². The maximum Gasteiger partial charge on any atom is 0.0934 e. The third-order valence-electron chi connectivity index (χ3n) is 3.55. The molecule has 0 saturated carbocycles. The molecule has 1 rings (SSSR count). The van der Waals surface area contributed by atoms with E-state index in [9.17, 15) is 5.11 Å². The van der Waals surface area contributed by atoms with Crippen LogP contribution in [0.15, 0.2) is 24.3 Å². The molecule has 0 aliphatic heterocycles. The topological polar surface area (TPSA) is 29.5 Å². The van der Waals surface area contributed by atoms with Crippen LogP contribution in [0.2, 0.25) is 0 Å². The molecule has 0 fully saturated rings. The Morgan fingerprint density at radius 3 is 2.18 bits per heavy atom. The van der Waals surface area contributed by atoms with Gasteiger partial charge in [-0.3, -0.25) is 0 Å². The standard InChI is InChI=1S/C14H21IO2/c1-4-14(5-2,17-3)13(16)10-11-6-8-12(15)9-7-11/h6-9,13,16H,4-5,10H2,1-3H3. The summed E-state index contributed by atoms with van der Waals surface area (Å²) in [6, 6.07) is 8.26. The fraction of sp³-hybridized carbons (Fsp3) is 0.571. The number of rotatable bonds is 6. The number of methoxy groups -OCH3 is 1. The first-order valence-corrected chi connectivity index (χ1v) is 7.13. The molecule has 0 spiro atoms. The van der Waals surface area contributed by atoms with Crippen molar-refractivity contribution in [3.05, 3.63) is 33.4 Å². The smallest absolute Gasteiger partial charge is 0.0934 e. The molecule has 1 atom stereocenters. The minimum Gasteiger partial charge on any atom is -0.390 e. The second kappa shape index (κ2) is 6.71. The average Bonchev–Trinajstić information content (AvgIpc) is 2.35. The first kappa shape index (κ1) is 14.9. The van der Waals surface area contributed by atoms with Crippen molar-refractivity contribution in [3.63, 3.8) is 0 Å². The molecule has 2 nitrogen and oxygen atoms in total. The van der Waals surface area contributed by atoms with Gasteiger partial charge in [-0.2, -0.15) is 0 Å². The first-order chi connectivity index (χ1) is 8.07. The molecule has 0 aliphatic carbocycles. The van der Waals surface area contributed by atoms with Crippen molar-refractivity contribution < 1.29 is 9.84 Å². The molecule has 1 aromatic carbocycles. The summed E-state index contributed by atoms with van der Waals surface area (Å²) in [6.45, 7) is 4.12. The van der Waals surface area contributed by atoms with Crippen LogP contribution in [-0.4, -0.2) is 23.9 Å². The van der Waals surface area contributed by atoms with E-state index in [1.807, 2.05) is 0 Å². The van der Waals surface area contributed by atoms with Crippen LogP contribution >= 0.6 is 22.6 Å². The summed E-state index contributed by atoms with van der Waals surface area (Å²) in [5, 5.41) is 10.4. The number of aliphatic hydroxyl groups is 1. The van der Waals surface area contributed by atoms with Crippen LogP contribution in [0.4, 0.5) is 0 Å². The molecule has 0 heterocycles. The lowest BCUT2D eigenvalue weighted by molar-refractivity contribution is -0.106. The highest BCUT2D eigenvalue weighted by Gasteiger charge is 2.34. The molecule has 96 valence electrons. The van der Waals surface area contributed by atoms with Gasteiger partial charge in [0.25, 0.3) is 0 Å². The van der Waals surface area contributed by atoms with Gasteiger partial charge in [-0.15, -0.1) is 0 Å². The molecule has 17 heavy (non-hydrogen) atoms. The predicted molar refractivity (Wildman–Crippen MR) is 79.2 cm³/mol. The second-order valence-electron chi connectivity index (χ2n) is 4.32. The Bertz CT molecular complexity index is 322. The van der Waals surface area contributed by atoms with E-state index >= 15 is 0 Å². The quantitative estimate of drug-likeness (QED) is 0.799. The van der Waals surface area contributed by atoms with Gasteiger partial charge in [0.1, 0.15) is 0 Å². The van der Waals surface area contributed by atoms with Gasteiger partial charge < -0.3 is 9.84 Å². The summed E-state index contributed by atoms with van der Waals surface area (Å²) in [4.78, 5) is 0. The molecule has 1 unspecified atom stereocenters. The number of aliphatic hydroxyl groups excluding tert-OH is 1. The largest absolute Gasteiger partial charge is 0.390 e. The lowest BCUT2D eigenvalue weighted by Gasteiger charge is -2.35. The van der Waals surface area contributed by atoms with Crippen LogP contribution in [0.3, 0.4) is 0 Å². The zero-order valence-electron chi connectivity index (χ0n) is 10.7. The summed E-state index contributed by atoms with van der Waals surface area (Å²) in [5.74, 6) is 0. The SMILES string of the molecule is CCC(CC)(OC)C(O)Cc1ccc(I)cc1. The third kappa shape index (κ3) is 3.66. The molecule has 0 saturated heterocycles. The summed E-state index contributed by atoms with van der Waals surface area (Å²) in [6.07, 6.45) is 1.84. The van der Waals surface area contributed by atoms with Crippen molar-refractivity contribution in [2.45, 2.75) is 44.8 Å². The molecule has 0 aliphatic rings. The zero-order valence-corrected chi connectivity index (χ0v) is 12.9. The van der Waals surface area contributed by atoms with Crippen LogP contribution < -0.4 is 0 Å². The number of benzene rings is 1. The van der Waals surface area contributed by atoms with Gasteiger partial charge in [0, 0.05) is 17.1 Å². The van der Waals surface area contributed by atoms with Crippen LogP contribution in [0.25, 0.3) is 0 Å². The zero-order chi connectivity index (χ0) is 12.9. The molecule has 1 aromatic rings. The van der Waals surface area contributed by atoms with Crippen molar-refractivity contribution >= 4 is 22.6 Å². The van der Waals surface area contributed by atoms with E-state index in [1.54, 1.807) is 7.11 Å². The second-order valence-corrected chi connectivity index (χ2v) is 5.57. The molecular formula is C14H21IO2. The van der Waals surface area contributed by atoms with Gasteiger partial charge in [-0.1, -0.05) is 26.0 Å². The number of hydrogen-bond donors (Lipinski definition) is 1. The molecule has 0 radical (unpaired) electrons. The molecule has 3 heteroatoms. The maximum absolute atomic E-state index is 10.4. The lowest BCUT2D eigenvalue weighted by Crippen LogP contribution is -2.44. The number of halogens is 1. The van der Waals surface area contributed by atoms with E-state index < -0.39 is 11.7 Å².